The van der Waals surface area contributed by atoms with Gasteiger partial charge in [0.1, 0.15) is 11.5 Å². The lowest BCUT2D eigenvalue weighted by molar-refractivity contribution is 0.266. The van der Waals surface area contributed by atoms with Gasteiger partial charge in [-0.2, -0.15) is 0 Å². The van der Waals surface area contributed by atoms with Crippen molar-refractivity contribution in [2.45, 2.75) is 33.6 Å². The Labute approximate surface area is 133 Å². The van der Waals surface area contributed by atoms with Crippen molar-refractivity contribution in [3.63, 3.8) is 0 Å². The summed E-state index contributed by atoms with van der Waals surface area (Å²) in [6.07, 6.45) is 1.92. The summed E-state index contributed by atoms with van der Waals surface area (Å²) in [6.45, 7) is 7.55. The van der Waals surface area contributed by atoms with Gasteiger partial charge in [-0.1, -0.05) is 12.1 Å². The number of aryl methyl sites for hydroxylation is 3. The van der Waals surface area contributed by atoms with Gasteiger partial charge in [0.15, 0.2) is 0 Å². The Kier molecular flexibility index (Phi) is 5.70. The van der Waals surface area contributed by atoms with Gasteiger partial charge in [0.2, 0.25) is 0 Å². The lowest BCUT2D eigenvalue weighted by atomic mass is 10.1. The van der Waals surface area contributed by atoms with Crippen LogP contribution in [0.2, 0.25) is 0 Å². The molecule has 0 aliphatic heterocycles. The van der Waals surface area contributed by atoms with Gasteiger partial charge in [0.05, 0.1) is 13.2 Å². The molecular weight excluding hydrogens is 274 g/mol. The molecule has 0 aliphatic rings. The molecule has 22 heavy (non-hydrogen) atoms. The first-order valence-corrected chi connectivity index (χ1v) is 7.74. The van der Waals surface area contributed by atoms with E-state index >= 15 is 0 Å². The molecule has 0 saturated heterocycles. The van der Waals surface area contributed by atoms with Gasteiger partial charge in [-0.05, 0) is 68.5 Å². The highest BCUT2D eigenvalue weighted by Crippen LogP contribution is 2.19. The molecular formula is C19H25NO2. The molecule has 0 unspecified atom stereocenters. The van der Waals surface area contributed by atoms with Gasteiger partial charge >= 0.3 is 0 Å². The molecule has 0 heterocycles. The lowest BCUT2D eigenvalue weighted by Gasteiger charge is -2.10. The van der Waals surface area contributed by atoms with Crippen LogP contribution in [0.4, 0.5) is 5.69 Å². The summed E-state index contributed by atoms with van der Waals surface area (Å²) in [4.78, 5) is 0. The molecule has 3 heteroatoms. The van der Waals surface area contributed by atoms with Gasteiger partial charge in [-0.3, -0.25) is 0 Å². The average molecular weight is 299 g/mol. The number of nitrogen functional groups attached to an aromatic ring is 1. The Morgan fingerprint density at radius 3 is 1.95 bits per heavy atom. The number of hydrogen-bond acceptors (Lipinski definition) is 3. The normalized spacial score (nSPS) is 10.5. The molecule has 118 valence electrons. The Balaban J connectivity index is 1.66. The maximum atomic E-state index is 5.86. The molecule has 0 aromatic heterocycles. The topological polar surface area (TPSA) is 44.5 Å². The highest BCUT2D eigenvalue weighted by molar-refractivity contribution is 5.50. The summed E-state index contributed by atoms with van der Waals surface area (Å²) in [5.41, 5.74) is 10.2. The Hall–Kier alpha value is -2.16. The minimum Gasteiger partial charge on any atom is -0.494 e. The van der Waals surface area contributed by atoms with Gasteiger partial charge in [0, 0.05) is 11.8 Å². The molecule has 2 aromatic rings. The number of anilines is 1. The van der Waals surface area contributed by atoms with Gasteiger partial charge < -0.3 is 15.2 Å². The molecule has 0 bridgehead atoms. The molecule has 0 fully saturated rings. The zero-order valence-corrected chi connectivity index (χ0v) is 13.7. The summed E-state index contributed by atoms with van der Waals surface area (Å²) < 4.78 is 11.5. The van der Waals surface area contributed by atoms with Gasteiger partial charge in [0.25, 0.3) is 0 Å². The van der Waals surface area contributed by atoms with Crippen molar-refractivity contribution in [3.05, 3.63) is 53.1 Å². The molecule has 3 nitrogen and oxygen atoms in total. The van der Waals surface area contributed by atoms with Crippen LogP contribution >= 0.6 is 0 Å². The number of unbranched alkanes of at least 4 members (excludes halogenated alkanes) is 1. The van der Waals surface area contributed by atoms with Crippen LogP contribution < -0.4 is 15.2 Å². The Bertz CT molecular complexity index is 603. The third kappa shape index (κ3) is 4.99. The summed E-state index contributed by atoms with van der Waals surface area (Å²) in [7, 11) is 0. The predicted molar refractivity (Wildman–Crippen MR) is 91.7 cm³/mol. The zero-order chi connectivity index (χ0) is 15.9. The fourth-order valence-corrected chi connectivity index (χ4v) is 2.31. The Morgan fingerprint density at radius 1 is 0.773 bits per heavy atom. The van der Waals surface area contributed by atoms with E-state index in [9.17, 15) is 0 Å². The first-order chi connectivity index (χ1) is 10.5. The molecule has 2 rings (SSSR count). The van der Waals surface area contributed by atoms with Crippen LogP contribution in [0.5, 0.6) is 11.5 Å². The maximum Gasteiger partial charge on any atom is 0.121 e. The van der Waals surface area contributed by atoms with Gasteiger partial charge in [-0.25, -0.2) is 0 Å². The fraction of sp³-hybridized carbons (Fsp3) is 0.368. The van der Waals surface area contributed by atoms with E-state index in [2.05, 4.69) is 32.0 Å². The molecule has 2 N–H and O–H groups in total. The van der Waals surface area contributed by atoms with E-state index in [1.807, 2.05) is 25.1 Å². The van der Waals surface area contributed by atoms with E-state index in [0.717, 1.165) is 35.6 Å². The van der Waals surface area contributed by atoms with Crippen LogP contribution in [0.1, 0.15) is 29.5 Å². The number of ether oxygens (including phenoxy) is 2. The summed E-state index contributed by atoms with van der Waals surface area (Å²) in [5.74, 6) is 1.78. The summed E-state index contributed by atoms with van der Waals surface area (Å²) >= 11 is 0. The van der Waals surface area contributed by atoms with E-state index in [4.69, 9.17) is 15.2 Å². The van der Waals surface area contributed by atoms with Crippen molar-refractivity contribution in [3.8, 4) is 11.5 Å². The van der Waals surface area contributed by atoms with Crippen LogP contribution in [0.15, 0.2) is 36.4 Å². The monoisotopic (exact) mass is 299 g/mol. The highest BCUT2D eigenvalue weighted by atomic mass is 16.5. The average Bonchev–Trinajstić information content (AvgIpc) is 2.45. The van der Waals surface area contributed by atoms with Crippen molar-refractivity contribution in [1.82, 2.24) is 0 Å². The number of rotatable bonds is 7. The first-order valence-electron chi connectivity index (χ1n) is 7.74. The number of hydrogen-bond donors (Lipinski definition) is 1. The molecule has 2 aromatic carbocycles. The number of nitrogens with two attached hydrogens (primary N) is 1. The molecule has 0 spiro atoms. The molecule has 0 saturated carbocycles. The lowest BCUT2D eigenvalue weighted by Crippen LogP contribution is -2.03. The predicted octanol–water partition coefficient (Wildman–Crippen LogP) is 4.43. The van der Waals surface area contributed by atoms with Crippen molar-refractivity contribution in [2.24, 2.45) is 0 Å². The molecule has 0 radical (unpaired) electrons. The van der Waals surface area contributed by atoms with Gasteiger partial charge in [-0.15, -0.1) is 0 Å². The summed E-state index contributed by atoms with van der Waals surface area (Å²) in [5, 5.41) is 0. The molecule has 0 amide bonds. The highest BCUT2D eigenvalue weighted by Gasteiger charge is 1.99. The third-order valence-corrected chi connectivity index (χ3v) is 3.52. The van der Waals surface area contributed by atoms with Crippen LogP contribution in [0.3, 0.4) is 0 Å². The SMILES string of the molecule is Cc1cc(C)cc(OCCCCOc2ccc(C)c(N)c2)c1. The van der Waals surface area contributed by atoms with Crippen molar-refractivity contribution >= 4 is 5.69 Å². The fourth-order valence-electron chi connectivity index (χ4n) is 2.31. The zero-order valence-electron chi connectivity index (χ0n) is 13.7. The molecule has 0 atom stereocenters. The first kappa shape index (κ1) is 16.2. The second-order valence-corrected chi connectivity index (χ2v) is 5.75. The van der Waals surface area contributed by atoms with Crippen molar-refractivity contribution in [2.75, 3.05) is 18.9 Å². The maximum absolute atomic E-state index is 5.86. The molecule has 0 aliphatic carbocycles. The van der Waals surface area contributed by atoms with E-state index < -0.39 is 0 Å². The van der Waals surface area contributed by atoms with E-state index in [0.29, 0.717) is 13.2 Å². The van der Waals surface area contributed by atoms with Crippen LogP contribution in [0, 0.1) is 20.8 Å². The minimum atomic E-state index is 0.679. The quantitative estimate of drug-likeness (QED) is 0.607. The van der Waals surface area contributed by atoms with E-state index in [-0.39, 0.29) is 0 Å². The number of benzene rings is 2. The van der Waals surface area contributed by atoms with Crippen LogP contribution in [0.25, 0.3) is 0 Å². The van der Waals surface area contributed by atoms with Crippen molar-refractivity contribution in [1.29, 1.82) is 0 Å². The van der Waals surface area contributed by atoms with Crippen molar-refractivity contribution < 1.29 is 9.47 Å². The second-order valence-electron chi connectivity index (χ2n) is 5.75. The third-order valence-electron chi connectivity index (χ3n) is 3.52. The summed E-state index contributed by atoms with van der Waals surface area (Å²) in [6, 6.07) is 12.1. The van der Waals surface area contributed by atoms with E-state index in [1.54, 1.807) is 0 Å². The second kappa shape index (κ2) is 7.74. The smallest absolute Gasteiger partial charge is 0.121 e. The largest absolute Gasteiger partial charge is 0.494 e. The Morgan fingerprint density at radius 2 is 1.36 bits per heavy atom. The standard InChI is InChI=1S/C19H25NO2/c1-14-10-15(2)12-18(11-14)22-9-5-4-8-21-17-7-6-16(3)19(20)13-17/h6-7,10-13H,4-5,8-9,20H2,1-3H3. The van der Waals surface area contributed by atoms with Crippen LogP contribution in [-0.2, 0) is 0 Å². The van der Waals surface area contributed by atoms with Crippen LogP contribution in [-0.4, -0.2) is 13.2 Å². The minimum absolute atomic E-state index is 0.679. The van der Waals surface area contributed by atoms with E-state index in [1.165, 1.54) is 11.1 Å².